The van der Waals surface area contributed by atoms with Crippen molar-refractivity contribution < 1.29 is 17.9 Å². The highest BCUT2D eigenvalue weighted by Gasteiger charge is 2.31. The number of ether oxygens (including phenoxy) is 1. The van der Waals surface area contributed by atoms with Gasteiger partial charge in [-0.15, -0.1) is 0 Å². The lowest BCUT2D eigenvalue weighted by atomic mass is 9.97. The number of piperidine rings is 1. The molecule has 6 nitrogen and oxygen atoms in total. The first kappa shape index (κ1) is 21.6. The SMILES string of the molecule is O=C(NCCOc1ccccc1)C1CCN(S(=O)(=O)Cc2ccccc2Cl)CC1. The number of hydrogen-bond acceptors (Lipinski definition) is 4. The highest BCUT2D eigenvalue weighted by molar-refractivity contribution is 7.88. The number of sulfonamides is 1. The molecular weight excluding hydrogens is 412 g/mol. The summed E-state index contributed by atoms with van der Waals surface area (Å²) in [6, 6.07) is 16.4. The van der Waals surface area contributed by atoms with Crippen LogP contribution >= 0.6 is 11.6 Å². The number of halogens is 1. The zero-order chi connectivity index (χ0) is 20.7. The number of hydrogen-bond donors (Lipinski definition) is 1. The zero-order valence-corrected chi connectivity index (χ0v) is 17.7. The molecule has 1 aliphatic rings. The minimum absolute atomic E-state index is 0.0511. The van der Waals surface area contributed by atoms with Crippen LogP contribution in [0.1, 0.15) is 18.4 Å². The van der Waals surface area contributed by atoms with Gasteiger partial charge in [0.2, 0.25) is 15.9 Å². The van der Waals surface area contributed by atoms with Crippen LogP contribution in [0, 0.1) is 5.92 Å². The summed E-state index contributed by atoms with van der Waals surface area (Å²) < 4.78 is 32.4. The summed E-state index contributed by atoms with van der Waals surface area (Å²) >= 11 is 6.09. The van der Waals surface area contributed by atoms with E-state index in [0.29, 0.717) is 49.7 Å². The van der Waals surface area contributed by atoms with E-state index in [4.69, 9.17) is 16.3 Å². The fourth-order valence-electron chi connectivity index (χ4n) is 3.30. The molecule has 3 rings (SSSR count). The normalized spacial score (nSPS) is 15.8. The first-order valence-corrected chi connectivity index (χ1v) is 11.6. The Balaban J connectivity index is 1.42. The summed E-state index contributed by atoms with van der Waals surface area (Å²) in [5, 5.41) is 3.32. The number of benzene rings is 2. The van der Waals surface area contributed by atoms with Crippen molar-refractivity contribution >= 4 is 27.5 Å². The van der Waals surface area contributed by atoms with Gasteiger partial charge in [0.25, 0.3) is 0 Å². The molecule has 0 aromatic heterocycles. The van der Waals surface area contributed by atoms with E-state index in [2.05, 4.69) is 5.32 Å². The van der Waals surface area contributed by atoms with Gasteiger partial charge in [0.05, 0.1) is 12.3 Å². The van der Waals surface area contributed by atoms with E-state index in [9.17, 15) is 13.2 Å². The van der Waals surface area contributed by atoms with Crippen LogP contribution in [0.25, 0.3) is 0 Å². The molecule has 8 heteroatoms. The van der Waals surface area contributed by atoms with Crippen molar-refractivity contribution in [3.05, 3.63) is 65.2 Å². The third-order valence-electron chi connectivity index (χ3n) is 4.93. The number of carbonyl (C=O) groups excluding carboxylic acids is 1. The molecule has 156 valence electrons. The Morgan fingerprint density at radius 2 is 1.72 bits per heavy atom. The summed E-state index contributed by atoms with van der Waals surface area (Å²) in [5.74, 6) is 0.405. The Morgan fingerprint density at radius 1 is 1.07 bits per heavy atom. The van der Waals surface area contributed by atoms with Crippen molar-refractivity contribution in [2.45, 2.75) is 18.6 Å². The standard InChI is InChI=1S/C21H25ClN2O4S/c22-20-9-5-4-6-18(20)16-29(26,27)24-13-10-17(11-14-24)21(25)23-12-15-28-19-7-2-1-3-8-19/h1-9,17H,10-16H2,(H,23,25). The lowest BCUT2D eigenvalue weighted by Crippen LogP contribution is -2.43. The molecule has 1 aliphatic heterocycles. The average molecular weight is 437 g/mol. The average Bonchev–Trinajstić information content (AvgIpc) is 2.73. The largest absolute Gasteiger partial charge is 0.492 e. The minimum atomic E-state index is -3.46. The summed E-state index contributed by atoms with van der Waals surface area (Å²) in [6.45, 7) is 1.48. The van der Waals surface area contributed by atoms with Crippen LogP contribution in [0.4, 0.5) is 0 Å². The van der Waals surface area contributed by atoms with Crippen LogP contribution < -0.4 is 10.1 Å². The van der Waals surface area contributed by atoms with Gasteiger partial charge in [-0.25, -0.2) is 12.7 Å². The topological polar surface area (TPSA) is 75.7 Å². The third-order valence-corrected chi connectivity index (χ3v) is 7.12. The molecule has 0 bridgehead atoms. The van der Waals surface area contributed by atoms with E-state index in [-0.39, 0.29) is 17.6 Å². The van der Waals surface area contributed by atoms with Gasteiger partial charge >= 0.3 is 0 Å². The molecule has 1 N–H and O–H groups in total. The van der Waals surface area contributed by atoms with E-state index in [1.54, 1.807) is 24.3 Å². The van der Waals surface area contributed by atoms with E-state index < -0.39 is 10.0 Å². The fourth-order valence-corrected chi connectivity index (χ4v) is 5.18. The first-order chi connectivity index (χ1) is 14.0. The van der Waals surface area contributed by atoms with Crippen molar-refractivity contribution in [1.82, 2.24) is 9.62 Å². The van der Waals surface area contributed by atoms with Gasteiger partial charge in [0.1, 0.15) is 12.4 Å². The summed E-state index contributed by atoms with van der Waals surface area (Å²) in [6.07, 6.45) is 1.01. The molecule has 29 heavy (non-hydrogen) atoms. The molecule has 1 amide bonds. The van der Waals surface area contributed by atoms with Crippen LogP contribution in [0.2, 0.25) is 5.02 Å². The van der Waals surface area contributed by atoms with Gasteiger partial charge < -0.3 is 10.1 Å². The number of carbonyl (C=O) groups is 1. The number of rotatable bonds is 8. The molecule has 0 saturated carbocycles. The van der Waals surface area contributed by atoms with Crippen molar-refractivity contribution in [1.29, 1.82) is 0 Å². The maximum atomic E-state index is 12.7. The summed E-state index contributed by atoms with van der Waals surface area (Å²) in [7, 11) is -3.46. The van der Waals surface area contributed by atoms with Gasteiger partial charge in [0.15, 0.2) is 0 Å². The molecule has 0 aliphatic carbocycles. The summed E-state index contributed by atoms with van der Waals surface area (Å²) in [5.41, 5.74) is 0.590. The van der Waals surface area contributed by atoms with Crippen molar-refractivity contribution in [2.75, 3.05) is 26.2 Å². The number of para-hydroxylation sites is 1. The molecule has 2 aromatic carbocycles. The van der Waals surface area contributed by atoms with E-state index in [1.165, 1.54) is 4.31 Å². The third kappa shape index (κ3) is 6.19. The summed E-state index contributed by atoms with van der Waals surface area (Å²) in [4.78, 5) is 12.3. The Kier molecular flexibility index (Phi) is 7.52. The highest BCUT2D eigenvalue weighted by atomic mass is 35.5. The number of amides is 1. The lowest BCUT2D eigenvalue weighted by molar-refractivity contribution is -0.126. The molecule has 0 atom stereocenters. The Morgan fingerprint density at radius 3 is 2.41 bits per heavy atom. The van der Waals surface area contributed by atoms with Crippen LogP contribution in [0.5, 0.6) is 5.75 Å². The molecule has 1 fully saturated rings. The Bertz CT molecular complexity index is 913. The van der Waals surface area contributed by atoms with Gasteiger partial charge in [-0.2, -0.15) is 0 Å². The van der Waals surface area contributed by atoms with Crippen LogP contribution in [0.3, 0.4) is 0 Å². The van der Waals surface area contributed by atoms with Crippen LogP contribution in [-0.2, 0) is 20.6 Å². The monoisotopic (exact) mass is 436 g/mol. The second-order valence-electron chi connectivity index (χ2n) is 6.97. The zero-order valence-electron chi connectivity index (χ0n) is 16.1. The van der Waals surface area contributed by atoms with Crippen molar-refractivity contribution in [2.24, 2.45) is 5.92 Å². The minimum Gasteiger partial charge on any atom is -0.492 e. The predicted molar refractivity (Wildman–Crippen MR) is 113 cm³/mol. The number of nitrogens with one attached hydrogen (secondary N) is 1. The highest BCUT2D eigenvalue weighted by Crippen LogP contribution is 2.24. The Labute approximate surface area is 176 Å². The molecule has 0 unspecified atom stereocenters. The smallest absolute Gasteiger partial charge is 0.223 e. The maximum Gasteiger partial charge on any atom is 0.223 e. The lowest BCUT2D eigenvalue weighted by Gasteiger charge is -2.30. The quantitative estimate of drug-likeness (QED) is 0.645. The van der Waals surface area contributed by atoms with Crippen molar-refractivity contribution in [3.8, 4) is 5.75 Å². The molecule has 2 aromatic rings. The van der Waals surface area contributed by atoms with Crippen molar-refractivity contribution in [3.63, 3.8) is 0 Å². The van der Waals surface area contributed by atoms with Gasteiger partial charge in [-0.1, -0.05) is 48.0 Å². The first-order valence-electron chi connectivity index (χ1n) is 9.62. The predicted octanol–water partition coefficient (Wildman–Crippen LogP) is 3.08. The van der Waals surface area contributed by atoms with Gasteiger partial charge in [-0.05, 0) is 36.6 Å². The molecule has 1 saturated heterocycles. The van der Waals surface area contributed by atoms with Crippen LogP contribution in [0.15, 0.2) is 54.6 Å². The molecule has 0 radical (unpaired) electrons. The van der Waals surface area contributed by atoms with Crippen LogP contribution in [-0.4, -0.2) is 44.9 Å². The molecule has 1 heterocycles. The van der Waals surface area contributed by atoms with E-state index in [1.807, 2.05) is 30.3 Å². The van der Waals surface area contributed by atoms with E-state index in [0.717, 1.165) is 5.75 Å². The van der Waals surface area contributed by atoms with Gasteiger partial charge in [0, 0.05) is 24.0 Å². The maximum absolute atomic E-state index is 12.7. The fraction of sp³-hybridized carbons (Fsp3) is 0.381. The second-order valence-corrected chi connectivity index (χ2v) is 9.35. The molecular formula is C21H25ClN2O4S. The van der Waals surface area contributed by atoms with Gasteiger partial charge in [-0.3, -0.25) is 4.79 Å². The molecule has 0 spiro atoms. The Hall–Kier alpha value is -2.09. The second kappa shape index (κ2) is 10.1. The van der Waals surface area contributed by atoms with E-state index >= 15 is 0 Å². The number of nitrogens with zero attached hydrogens (tertiary/aromatic N) is 1.